The molecule has 0 aromatic heterocycles. The first-order valence-electron chi connectivity index (χ1n) is 2.36. The van der Waals surface area contributed by atoms with Gasteiger partial charge in [-0.25, -0.2) is 0 Å². The van der Waals surface area contributed by atoms with E-state index in [-0.39, 0.29) is 6.16 Å². The highest BCUT2D eigenvalue weighted by Gasteiger charge is 2.31. The second-order valence-corrected chi connectivity index (χ2v) is 5.76. The molecule has 0 spiro atoms. The van der Waals surface area contributed by atoms with Gasteiger partial charge in [0.2, 0.25) is 0 Å². The summed E-state index contributed by atoms with van der Waals surface area (Å²) in [6.45, 7) is 1.46. The van der Waals surface area contributed by atoms with Gasteiger partial charge in [0, 0.05) is 6.16 Å². The number of halogens is 3. The molecule has 1 unspecified atom stereocenters. The molecule has 0 radical (unpaired) electrons. The first-order valence-corrected chi connectivity index (χ1v) is 5.26. The van der Waals surface area contributed by atoms with Crippen LogP contribution in [0.4, 0.5) is 0 Å². The fourth-order valence-corrected chi connectivity index (χ4v) is 1.65. The zero-order valence-corrected chi connectivity index (χ0v) is 8.21. The molecule has 0 aliphatic rings. The van der Waals surface area contributed by atoms with Crippen molar-refractivity contribution in [1.82, 2.24) is 0 Å². The smallest absolute Gasteiger partial charge is 0.324 e. The zero-order valence-electron chi connectivity index (χ0n) is 5.05. The summed E-state index contributed by atoms with van der Waals surface area (Å²) >= 11 is 15.2. The molecule has 0 heterocycles. The van der Waals surface area contributed by atoms with Crippen LogP contribution in [-0.4, -0.2) is 15.0 Å². The molecule has 0 fully saturated rings. The van der Waals surface area contributed by atoms with Gasteiger partial charge in [0.25, 0.3) is 0 Å². The Kier molecular flexibility index (Phi) is 3.98. The van der Waals surface area contributed by atoms with E-state index < -0.39 is 11.6 Å². The van der Waals surface area contributed by atoms with Gasteiger partial charge in [-0.1, -0.05) is 41.7 Å². The minimum absolute atomic E-state index is 0.0824. The van der Waals surface area contributed by atoms with Crippen LogP contribution in [0.1, 0.15) is 6.92 Å². The van der Waals surface area contributed by atoms with Gasteiger partial charge >= 0.3 is 11.6 Å². The highest BCUT2D eigenvalue weighted by molar-refractivity contribution is 7.53. The predicted molar refractivity (Wildman–Crippen MR) is 41.7 cm³/mol. The molecule has 0 rings (SSSR count). The van der Waals surface area contributed by atoms with Crippen molar-refractivity contribution in [2.75, 3.05) is 6.16 Å². The summed E-state index contributed by atoms with van der Waals surface area (Å²) in [5.41, 5.74) is 0. The Morgan fingerprint density at radius 3 is 2.10 bits per heavy atom. The molecule has 0 saturated heterocycles. The van der Waals surface area contributed by atoms with Crippen LogP contribution in [0.25, 0.3) is 0 Å². The molecular formula is C3H6Cl3O3P. The van der Waals surface area contributed by atoms with Gasteiger partial charge < -0.3 is 4.89 Å². The maximum Gasteiger partial charge on any atom is 0.331 e. The summed E-state index contributed by atoms with van der Waals surface area (Å²) in [7, 11) is -3.69. The third-order valence-corrected chi connectivity index (χ3v) is 2.56. The van der Waals surface area contributed by atoms with E-state index in [4.69, 9.17) is 39.7 Å². The monoisotopic (exact) mass is 226 g/mol. The summed E-state index contributed by atoms with van der Waals surface area (Å²) in [5.74, 6) is 0. The van der Waals surface area contributed by atoms with Crippen LogP contribution in [0.15, 0.2) is 0 Å². The maximum atomic E-state index is 10.7. The molecule has 10 heavy (non-hydrogen) atoms. The Balaban J connectivity index is 4.03. The van der Waals surface area contributed by atoms with Gasteiger partial charge in [-0.15, -0.1) is 0 Å². The predicted octanol–water partition coefficient (Wildman–Crippen LogP) is 2.54. The van der Waals surface area contributed by atoms with Crippen molar-refractivity contribution < 1.29 is 14.0 Å². The average Bonchev–Trinajstić information content (AvgIpc) is 1.60. The van der Waals surface area contributed by atoms with Crippen LogP contribution >= 0.6 is 42.4 Å². The number of rotatable bonds is 2. The van der Waals surface area contributed by atoms with Gasteiger partial charge in [0.1, 0.15) is 0 Å². The van der Waals surface area contributed by atoms with Crippen molar-refractivity contribution in [2.45, 2.75) is 10.9 Å². The number of alkyl halides is 3. The van der Waals surface area contributed by atoms with E-state index in [0.717, 1.165) is 0 Å². The lowest BCUT2D eigenvalue weighted by molar-refractivity contribution is 0.261. The highest BCUT2D eigenvalue weighted by Crippen LogP contribution is 2.49. The third-order valence-electron chi connectivity index (χ3n) is 0.646. The minimum atomic E-state index is -3.69. The van der Waals surface area contributed by atoms with Crippen LogP contribution in [0.2, 0.25) is 0 Å². The summed E-state index contributed by atoms with van der Waals surface area (Å²) in [5, 5.41) is 0. The summed E-state index contributed by atoms with van der Waals surface area (Å²) in [4.78, 5) is 8.74. The topological polar surface area (TPSA) is 46.5 Å². The van der Waals surface area contributed by atoms with Crippen molar-refractivity contribution in [1.29, 1.82) is 0 Å². The quantitative estimate of drug-likeness (QED) is 0.582. The van der Waals surface area contributed by atoms with E-state index in [9.17, 15) is 4.57 Å². The lowest BCUT2D eigenvalue weighted by Crippen LogP contribution is -2.07. The van der Waals surface area contributed by atoms with Gasteiger partial charge in [0.15, 0.2) is 0 Å². The van der Waals surface area contributed by atoms with E-state index in [1.807, 2.05) is 0 Å². The van der Waals surface area contributed by atoms with Crippen molar-refractivity contribution in [3.8, 4) is 0 Å². The molecule has 0 amide bonds. The Bertz CT molecular complexity index is 154. The van der Waals surface area contributed by atoms with Gasteiger partial charge in [0.05, 0.1) is 0 Å². The third kappa shape index (κ3) is 5.78. The fraction of sp³-hybridized carbons (Fsp3) is 1.00. The molecule has 0 saturated carbocycles. The van der Waals surface area contributed by atoms with Crippen molar-refractivity contribution in [3.63, 3.8) is 0 Å². The van der Waals surface area contributed by atoms with Gasteiger partial charge in [-0.2, -0.15) is 0 Å². The summed E-state index contributed by atoms with van der Waals surface area (Å²) in [6.07, 6.45) is -0.0824. The maximum absolute atomic E-state index is 10.7. The molecular weight excluding hydrogens is 221 g/mol. The second-order valence-electron chi connectivity index (χ2n) is 1.49. The minimum Gasteiger partial charge on any atom is -0.324 e. The highest BCUT2D eigenvalue weighted by atomic mass is 35.6. The SMILES string of the molecule is CCP(=O)(O)OC(Cl)(Cl)Cl. The molecule has 1 atom stereocenters. The summed E-state index contributed by atoms with van der Waals surface area (Å²) < 4.78 is 12.7. The summed E-state index contributed by atoms with van der Waals surface area (Å²) in [6, 6.07) is 0. The Labute approximate surface area is 73.7 Å². The van der Waals surface area contributed by atoms with Crippen LogP contribution < -0.4 is 0 Å². The standard InChI is InChI=1S/C3H6Cl3O3P/c1-2-10(7,8)9-3(4,5)6/h2H2,1H3,(H,7,8). The van der Waals surface area contributed by atoms with E-state index in [1.54, 1.807) is 0 Å². The molecule has 1 N–H and O–H groups in total. The number of hydrogen-bond donors (Lipinski definition) is 1. The van der Waals surface area contributed by atoms with Gasteiger partial charge in [-0.05, 0) is 0 Å². The Hall–Kier alpha value is 1.02. The first kappa shape index (κ1) is 11.0. The van der Waals surface area contributed by atoms with E-state index in [0.29, 0.717) is 0 Å². The van der Waals surface area contributed by atoms with Crippen molar-refractivity contribution >= 4 is 42.4 Å². The van der Waals surface area contributed by atoms with Crippen LogP contribution in [0.5, 0.6) is 0 Å². The van der Waals surface area contributed by atoms with Crippen LogP contribution in [0, 0.1) is 0 Å². The molecule has 0 bridgehead atoms. The van der Waals surface area contributed by atoms with E-state index in [1.165, 1.54) is 6.92 Å². The van der Waals surface area contributed by atoms with Crippen molar-refractivity contribution in [3.05, 3.63) is 0 Å². The molecule has 3 nitrogen and oxygen atoms in total. The van der Waals surface area contributed by atoms with E-state index in [2.05, 4.69) is 4.52 Å². The molecule has 0 aliphatic carbocycles. The Morgan fingerprint density at radius 2 is 2.00 bits per heavy atom. The van der Waals surface area contributed by atoms with Gasteiger partial charge in [-0.3, -0.25) is 9.09 Å². The molecule has 0 aromatic carbocycles. The van der Waals surface area contributed by atoms with Crippen LogP contribution in [-0.2, 0) is 9.09 Å². The molecule has 0 aromatic rings. The number of hydrogen-bond acceptors (Lipinski definition) is 2. The zero-order chi connectivity index (χ0) is 8.41. The normalized spacial score (nSPS) is 18.5. The average molecular weight is 227 g/mol. The molecule has 62 valence electrons. The lowest BCUT2D eigenvalue weighted by atomic mass is 11.0. The van der Waals surface area contributed by atoms with E-state index >= 15 is 0 Å². The van der Waals surface area contributed by atoms with Crippen LogP contribution in [0.3, 0.4) is 0 Å². The molecule has 0 aliphatic heterocycles. The lowest BCUT2D eigenvalue weighted by Gasteiger charge is -2.15. The Morgan fingerprint density at radius 1 is 1.60 bits per heavy atom. The fourth-order valence-electron chi connectivity index (χ4n) is 0.226. The van der Waals surface area contributed by atoms with Crippen molar-refractivity contribution in [2.24, 2.45) is 0 Å². The second kappa shape index (κ2) is 3.61. The largest absolute Gasteiger partial charge is 0.331 e. The molecule has 7 heteroatoms. The first-order chi connectivity index (χ1) is 4.27.